The van der Waals surface area contributed by atoms with Gasteiger partial charge < -0.3 is 4.74 Å². The summed E-state index contributed by atoms with van der Waals surface area (Å²) in [6.07, 6.45) is 5.25. The maximum absolute atomic E-state index is 12.2. The quantitative estimate of drug-likeness (QED) is 0.444. The average molecular weight is 341 g/mol. The third-order valence-corrected chi connectivity index (χ3v) is 3.88. The zero-order valence-electron chi connectivity index (χ0n) is 12.6. The van der Waals surface area contributed by atoms with Gasteiger partial charge in [-0.15, -0.1) is 0 Å². The molecule has 0 aromatic carbocycles. The molecule has 0 spiro atoms. The minimum absolute atomic E-state index is 0.105. The van der Waals surface area contributed by atoms with Crippen molar-refractivity contribution in [1.29, 1.82) is 0 Å². The van der Waals surface area contributed by atoms with Crippen LogP contribution in [0.1, 0.15) is 34.6 Å². The molecule has 0 heterocycles. The first-order valence-corrected chi connectivity index (χ1v) is 7.67. The van der Waals surface area contributed by atoms with Crippen molar-refractivity contribution in [3.8, 4) is 0 Å². The van der Waals surface area contributed by atoms with Crippen LogP contribution in [0.3, 0.4) is 0 Å². The number of carbonyl (C=O) groups is 2. The lowest BCUT2D eigenvalue weighted by molar-refractivity contribution is -0.155. The van der Waals surface area contributed by atoms with Crippen molar-refractivity contribution < 1.29 is 14.3 Å². The van der Waals surface area contributed by atoms with Gasteiger partial charge in [0.25, 0.3) is 0 Å². The van der Waals surface area contributed by atoms with E-state index in [1.54, 1.807) is 6.92 Å². The van der Waals surface area contributed by atoms with Crippen molar-refractivity contribution in [2.75, 3.05) is 5.33 Å². The molecule has 1 unspecified atom stereocenters. The molecule has 4 heteroatoms. The van der Waals surface area contributed by atoms with Crippen LogP contribution in [-0.4, -0.2) is 23.2 Å². The van der Waals surface area contributed by atoms with Crippen molar-refractivity contribution in [3.63, 3.8) is 0 Å². The minimum atomic E-state index is -0.722. The Morgan fingerprint density at radius 2 is 2.00 bits per heavy atom. The summed E-state index contributed by atoms with van der Waals surface area (Å²) in [6.45, 7) is 8.98. The van der Waals surface area contributed by atoms with E-state index in [2.05, 4.69) is 15.9 Å². The van der Waals surface area contributed by atoms with Crippen LogP contribution >= 0.6 is 15.9 Å². The number of rotatable bonds is 4. The average Bonchev–Trinajstić information content (AvgIpc) is 2.48. The van der Waals surface area contributed by atoms with Crippen LogP contribution in [0.5, 0.6) is 0 Å². The Morgan fingerprint density at radius 3 is 2.50 bits per heavy atom. The molecule has 1 atom stereocenters. The highest BCUT2D eigenvalue weighted by molar-refractivity contribution is 9.09. The molecule has 0 amide bonds. The summed E-state index contributed by atoms with van der Waals surface area (Å²) in [7, 11) is 0. The first kappa shape index (κ1) is 16.9. The molecule has 20 heavy (non-hydrogen) atoms. The van der Waals surface area contributed by atoms with Crippen molar-refractivity contribution in [2.45, 2.75) is 40.7 Å². The van der Waals surface area contributed by atoms with Gasteiger partial charge in [-0.2, -0.15) is 0 Å². The number of carbonyl (C=O) groups excluding carboxylic acids is 2. The van der Waals surface area contributed by atoms with Crippen molar-refractivity contribution in [1.82, 2.24) is 0 Å². The summed E-state index contributed by atoms with van der Waals surface area (Å²) >= 11 is 3.35. The highest BCUT2D eigenvalue weighted by atomic mass is 79.9. The molecule has 1 aliphatic carbocycles. The van der Waals surface area contributed by atoms with Crippen LogP contribution in [0, 0.1) is 5.41 Å². The lowest BCUT2D eigenvalue weighted by Gasteiger charge is -2.27. The number of hydrogen-bond acceptors (Lipinski definition) is 3. The van der Waals surface area contributed by atoms with Crippen LogP contribution < -0.4 is 0 Å². The molecule has 3 nitrogen and oxygen atoms in total. The molecule has 0 bridgehead atoms. The Hall–Kier alpha value is -1.16. The third kappa shape index (κ3) is 3.48. The van der Waals surface area contributed by atoms with E-state index in [4.69, 9.17) is 4.74 Å². The second-order valence-electron chi connectivity index (χ2n) is 5.55. The Balaban J connectivity index is 3.10. The van der Waals surface area contributed by atoms with Gasteiger partial charge in [-0.3, -0.25) is 9.59 Å². The zero-order chi connectivity index (χ0) is 15.5. The first-order chi connectivity index (χ1) is 9.21. The second-order valence-corrected chi connectivity index (χ2v) is 6.20. The lowest BCUT2D eigenvalue weighted by Crippen LogP contribution is -2.35. The van der Waals surface area contributed by atoms with Gasteiger partial charge in [-0.25, -0.2) is 0 Å². The third-order valence-electron chi connectivity index (χ3n) is 3.56. The maximum atomic E-state index is 12.2. The fraction of sp³-hybridized carbons (Fsp3) is 0.500. The predicted molar refractivity (Wildman–Crippen MR) is 83.7 cm³/mol. The largest absolute Gasteiger partial charge is 0.453 e. The number of ketones is 1. The SMILES string of the molecule is CC(=O)OC1C(=O)C(C)=C(/C=C/C(C)=C/CBr)C1(C)C. The Bertz CT molecular complexity index is 510. The van der Waals surface area contributed by atoms with Gasteiger partial charge in [0.2, 0.25) is 0 Å². The van der Waals surface area contributed by atoms with Crippen molar-refractivity contribution >= 4 is 27.7 Å². The van der Waals surface area contributed by atoms with E-state index < -0.39 is 17.5 Å². The molecule has 110 valence electrons. The number of alkyl halides is 1. The number of hydrogen-bond donors (Lipinski definition) is 0. The highest BCUT2D eigenvalue weighted by Gasteiger charge is 2.47. The maximum Gasteiger partial charge on any atom is 0.303 e. The highest BCUT2D eigenvalue weighted by Crippen LogP contribution is 2.43. The molecular weight excluding hydrogens is 320 g/mol. The van der Waals surface area contributed by atoms with Gasteiger partial charge >= 0.3 is 5.97 Å². The second kappa shape index (κ2) is 6.53. The molecule has 0 aromatic heterocycles. The molecule has 0 aliphatic heterocycles. The number of allylic oxidation sites excluding steroid dienone is 4. The lowest BCUT2D eigenvalue weighted by atomic mass is 9.82. The van der Waals surface area contributed by atoms with E-state index in [9.17, 15) is 9.59 Å². The number of halogens is 1. The normalized spacial score (nSPS) is 22.8. The smallest absolute Gasteiger partial charge is 0.303 e. The van der Waals surface area contributed by atoms with E-state index in [0.717, 1.165) is 16.5 Å². The van der Waals surface area contributed by atoms with Crippen molar-refractivity contribution in [2.24, 2.45) is 5.41 Å². The summed E-state index contributed by atoms with van der Waals surface area (Å²) in [5.41, 5.74) is 2.21. The van der Waals surface area contributed by atoms with Crippen LogP contribution in [0.15, 0.2) is 34.9 Å². The fourth-order valence-electron chi connectivity index (χ4n) is 2.39. The van der Waals surface area contributed by atoms with E-state index in [-0.39, 0.29) is 5.78 Å². The Kier molecular flexibility index (Phi) is 5.51. The van der Waals surface area contributed by atoms with Gasteiger partial charge in [-0.05, 0) is 25.0 Å². The summed E-state index contributed by atoms with van der Waals surface area (Å²) < 4.78 is 5.21. The topological polar surface area (TPSA) is 43.4 Å². The molecule has 0 fully saturated rings. The molecular formula is C16H21BrO3. The monoisotopic (exact) mass is 340 g/mol. The number of Topliss-reactive ketones (excluding diaryl/α,β-unsaturated/α-hetero) is 1. The molecule has 0 radical (unpaired) electrons. The molecule has 0 aromatic rings. The summed E-state index contributed by atoms with van der Waals surface area (Å²) in [4.78, 5) is 23.4. The van der Waals surface area contributed by atoms with Gasteiger partial charge in [0.15, 0.2) is 11.9 Å². The summed E-state index contributed by atoms with van der Waals surface area (Å²) in [5, 5.41) is 0.791. The summed E-state index contributed by atoms with van der Waals surface area (Å²) in [6, 6.07) is 0. The Morgan fingerprint density at radius 1 is 1.40 bits per heavy atom. The summed E-state index contributed by atoms with van der Waals surface area (Å²) in [5.74, 6) is -0.531. The molecule has 1 rings (SSSR count). The van der Waals surface area contributed by atoms with Crippen LogP contribution in [0.2, 0.25) is 0 Å². The minimum Gasteiger partial charge on any atom is -0.453 e. The fourth-order valence-corrected chi connectivity index (χ4v) is 2.90. The van der Waals surface area contributed by atoms with Gasteiger partial charge in [-0.1, -0.05) is 53.6 Å². The molecule has 1 aliphatic rings. The van der Waals surface area contributed by atoms with Crippen LogP contribution in [0.25, 0.3) is 0 Å². The van der Waals surface area contributed by atoms with Crippen LogP contribution in [-0.2, 0) is 14.3 Å². The van der Waals surface area contributed by atoms with E-state index in [1.165, 1.54) is 6.92 Å². The van der Waals surface area contributed by atoms with E-state index in [0.29, 0.717) is 5.57 Å². The van der Waals surface area contributed by atoms with Crippen LogP contribution in [0.4, 0.5) is 0 Å². The molecule has 0 saturated heterocycles. The standard InChI is InChI=1S/C16H21BrO3/c1-10(8-9-17)6-7-13-11(2)14(19)15(16(13,4)5)20-12(3)18/h6-8,15H,9H2,1-5H3/b7-6+,10-8+. The number of esters is 1. The predicted octanol–water partition coefficient (Wildman–Crippen LogP) is 3.74. The van der Waals surface area contributed by atoms with E-state index in [1.807, 2.05) is 39.0 Å². The zero-order valence-corrected chi connectivity index (χ0v) is 14.2. The van der Waals surface area contributed by atoms with E-state index >= 15 is 0 Å². The first-order valence-electron chi connectivity index (χ1n) is 6.55. The Labute approximate surface area is 128 Å². The molecule has 0 N–H and O–H groups in total. The van der Waals surface area contributed by atoms with Gasteiger partial charge in [0.1, 0.15) is 0 Å². The number of ether oxygens (including phenoxy) is 1. The van der Waals surface area contributed by atoms with Gasteiger partial charge in [0.05, 0.1) is 0 Å². The van der Waals surface area contributed by atoms with Crippen molar-refractivity contribution in [3.05, 3.63) is 34.9 Å². The molecule has 0 saturated carbocycles. The van der Waals surface area contributed by atoms with Gasteiger partial charge in [0, 0.05) is 17.7 Å².